The van der Waals surface area contributed by atoms with Gasteiger partial charge in [-0.05, 0) is 45.0 Å². The number of benzene rings is 1. The highest BCUT2D eigenvalue weighted by Gasteiger charge is 2.21. The highest BCUT2D eigenvalue weighted by atomic mass is 16.3. The summed E-state index contributed by atoms with van der Waals surface area (Å²) in [5.41, 5.74) is 0.892. The van der Waals surface area contributed by atoms with Crippen molar-refractivity contribution in [1.82, 2.24) is 0 Å². The van der Waals surface area contributed by atoms with Crippen molar-refractivity contribution in [2.75, 3.05) is 10.6 Å². The minimum atomic E-state index is -0.781. The SMILES string of the molecule is CC(=O)Nc1ccc(NC(C)C(C)(C)O)cc1. The molecule has 1 amide bonds. The van der Waals surface area contributed by atoms with Crippen LogP contribution in [-0.2, 0) is 4.79 Å². The van der Waals surface area contributed by atoms with Gasteiger partial charge in [0.2, 0.25) is 5.91 Å². The minimum Gasteiger partial charge on any atom is -0.388 e. The molecule has 4 nitrogen and oxygen atoms in total. The van der Waals surface area contributed by atoms with Crippen LogP contribution in [0.3, 0.4) is 0 Å². The van der Waals surface area contributed by atoms with E-state index in [-0.39, 0.29) is 11.9 Å². The van der Waals surface area contributed by atoms with Crippen LogP contribution >= 0.6 is 0 Å². The molecule has 3 N–H and O–H groups in total. The molecule has 1 aromatic rings. The zero-order valence-corrected chi connectivity index (χ0v) is 10.7. The number of hydrogen-bond acceptors (Lipinski definition) is 3. The molecule has 0 heterocycles. The number of aliphatic hydroxyl groups is 1. The molecule has 0 spiro atoms. The molecule has 0 aliphatic rings. The van der Waals surface area contributed by atoms with Gasteiger partial charge in [0.15, 0.2) is 0 Å². The average Bonchev–Trinajstić information content (AvgIpc) is 2.18. The Labute approximate surface area is 102 Å². The van der Waals surface area contributed by atoms with E-state index in [1.807, 2.05) is 31.2 Å². The molecule has 1 rings (SSSR count). The van der Waals surface area contributed by atoms with Crippen LogP contribution in [0.4, 0.5) is 11.4 Å². The van der Waals surface area contributed by atoms with Crippen molar-refractivity contribution >= 4 is 17.3 Å². The van der Waals surface area contributed by atoms with Crippen LogP contribution in [0.2, 0.25) is 0 Å². The van der Waals surface area contributed by atoms with Crippen molar-refractivity contribution in [1.29, 1.82) is 0 Å². The molecule has 1 unspecified atom stereocenters. The Hall–Kier alpha value is -1.55. The topological polar surface area (TPSA) is 61.4 Å². The number of amides is 1. The zero-order valence-electron chi connectivity index (χ0n) is 10.7. The fraction of sp³-hybridized carbons (Fsp3) is 0.462. The molecule has 0 aliphatic carbocycles. The third-order valence-electron chi connectivity index (χ3n) is 2.65. The Morgan fingerprint density at radius 3 is 2.12 bits per heavy atom. The van der Waals surface area contributed by atoms with Crippen molar-refractivity contribution in [2.45, 2.75) is 39.3 Å². The van der Waals surface area contributed by atoms with Gasteiger partial charge >= 0.3 is 0 Å². The first-order valence-corrected chi connectivity index (χ1v) is 5.65. The van der Waals surface area contributed by atoms with Crippen LogP contribution in [0.15, 0.2) is 24.3 Å². The number of nitrogens with one attached hydrogen (secondary N) is 2. The highest BCUT2D eigenvalue weighted by molar-refractivity contribution is 5.88. The number of hydrogen-bond donors (Lipinski definition) is 3. The molecule has 0 aliphatic heterocycles. The Kier molecular flexibility index (Phi) is 4.12. The van der Waals surface area contributed by atoms with Gasteiger partial charge in [-0.2, -0.15) is 0 Å². The Bertz CT molecular complexity index is 379. The van der Waals surface area contributed by atoms with E-state index in [2.05, 4.69) is 10.6 Å². The summed E-state index contributed by atoms with van der Waals surface area (Å²) in [5, 5.41) is 15.7. The second-order valence-electron chi connectivity index (χ2n) is 4.78. The van der Waals surface area contributed by atoms with Gasteiger partial charge < -0.3 is 15.7 Å². The summed E-state index contributed by atoms with van der Waals surface area (Å²) in [6.07, 6.45) is 0. The molecule has 1 atom stereocenters. The van der Waals surface area contributed by atoms with Crippen LogP contribution in [0.25, 0.3) is 0 Å². The van der Waals surface area contributed by atoms with Crippen LogP contribution < -0.4 is 10.6 Å². The molecular weight excluding hydrogens is 216 g/mol. The van der Waals surface area contributed by atoms with Crippen molar-refractivity contribution in [3.05, 3.63) is 24.3 Å². The smallest absolute Gasteiger partial charge is 0.221 e. The third-order valence-corrected chi connectivity index (χ3v) is 2.65. The van der Waals surface area contributed by atoms with Crippen molar-refractivity contribution < 1.29 is 9.90 Å². The fourth-order valence-corrected chi connectivity index (χ4v) is 1.28. The number of carbonyl (C=O) groups is 1. The molecule has 0 bridgehead atoms. The number of rotatable bonds is 4. The summed E-state index contributed by atoms with van der Waals surface area (Å²) in [4.78, 5) is 10.8. The maximum absolute atomic E-state index is 10.8. The highest BCUT2D eigenvalue weighted by Crippen LogP contribution is 2.18. The molecule has 94 valence electrons. The fourth-order valence-electron chi connectivity index (χ4n) is 1.28. The van der Waals surface area contributed by atoms with Gasteiger partial charge in [0.1, 0.15) is 0 Å². The van der Waals surface area contributed by atoms with E-state index in [1.54, 1.807) is 13.8 Å². The predicted octanol–water partition coefficient (Wildman–Crippen LogP) is 2.22. The van der Waals surface area contributed by atoms with E-state index < -0.39 is 5.60 Å². The maximum Gasteiger partial charge on any atom is 0.221 e. The maximum atomic E-state index is 10.8. The van der Waals surface area contributed by atoms with Gasteiger partial charge in [-0.25, -0.2) is 0 Å². The van der Waals surface area contributed by atoms with E-state index in [4.69, 9.17) is 0 Å². The van der Waals surface area contributed by atoms with Crippen molar-refractivity contribution in [3.8, 4) is 0 Å². The summed E-state index contributed by atoms with van der Waals surface area (Å²) in [7, 11) is 0. The summed E-state index contributed by atoms with van der Waals surface area (Å²) < 4.78 is 0. The standard InChI is InChI=1S/C13H20N2O2/c1-9(13(3,4)17)14-11-5-7-12(8-6-11)15-10(2)16/h5-9,14,17H,1-4H3,(H,15,16). The minimum absolute atomic E-state index is 0.0610. The Balaban J connectivity index is 2.65. The Morgan fingerprint density at radius 1 is 1.24 bits per heavy atom. The normalized spacial score (nSPS) is 13.0. The molecule has 1 aromatic carbocycles. The first kappa shape index (κ1) is 13.5. The Morgan fingerprint density at radius 2 is 1.71 bits per heavy atom. The lowest BCUT2D eigenvalue weighted by Gasteiger charge is -2.27. The van der Waals surface area contributed by atoms with E-state index >= 15 is 0 Å². The van der Waals surface area contributed by atoms with E-state index in [1.165, 1.54) is 6.92 Å². The monoisotopic (exact) mass is 236 g/mol. The molecule has 17 heavy (non-hydrogen) atoms. The van der Waals surface area contributed by atoms with Crippen molar-refractivity contribution in [3.63, 3.8) is 0 Å². The molecule has 0 saturated carbocycles. The van der Waals surface area contributed by atoms with Gasteiger partial charge in [-0.15, -0.1) is 0 Å². The van der Waals surface area contributed by atoms with E-state index in [0.29, 0.717) is 0 Å². The summed E-state index contributed by atoms with van der Waals surface area (Å²) in [6.45, 7) is 6.91. The van der Waals surface area contributed by atoms with E-state index in [9.17, 15) is 9.90 Å². The molecule has 0 radical (unpaired) electrons. The van der Waals surface area contributed by atoms with Gasteiger partial charge in [-0.1, -0.05) is 0 Å². The van der Waals surface area contributed by atoms with Gasteiger partial charge in [0, 0.05) is 18.3 Å². The van der Waals surface area contributed by atoms with Crippen LogP contribution in [0.1, 0.15) is 27.7 Å². The lowest BCUT2D eigenvalue weighted by atomic mass is 10.0. The first-order chi connectivity index (χ1) is 7.79. The van der Waals surface area contributed by atoms with Crippen LogP contribution in [0, 0.1) is 0 Å². The van der Waals surface area contributed by atoms with Crippen LogP contribution in [-0.4, -0.2) is 22.7 Å². The zero-order chi connectivity index (χ0) is 13.1. The lowest BCUT2D eigenvalue weighted by Crippen LogP contribution is -2.39. The quantitative estimate of drug-likeness (QED) is 0.751. The van der Waals surface area contributed by atoms with Gasteiger partial charge in [-0.3, -0.25) is 4.79 Å². The number of carbonyl (C=O) groups excluding carboxylic acids is 1. The first-order valence-electron chi connectivity index (χ1n) is 5.65. The largest absolute Gasteiger partial charge is 0.388 e. The molecule has 4 heteroatoms. The predicted molar refractivity (Wildman–Crippen MR) is 70.1 cm³/mol. The second kappa shape index (κ2) is 5.19. The lowest BCUT2D eigenvalue weighted by molar-refractivity contribution is -0.114. The molecular formula is C13H20N2O2. The average molecular weight is 236 g/mol. The summed E-state index contributed by atoms with van der Waals surface area (Å²) >= 11 is 0. The van der Waals surface area contributed by atoms with Crippen LogP contribution in [0.5, 0.6) is 0 Å². The molecule has 0 fully saturated rings. The van der Waals surface area contributed by atoms with Gasteiger partial charge in [0.25, 0.3) is 0 Å². The second-order valence-corrected chi connectivity index (χ2v) is 4.78. The summed E-state index contributed by atoms with van der Waals surface area (Å²) in [6, 6.07) is 7.32. The molecule has 0 saturated heterocycles. The third kappa shape index (κ3) is 4.44. The molecule has 0 aromatic heterocycles. The summed E-state index contributed by atoms with van der Waals surface area (Å²) in [5.74, 6) is -0.0874. The van der Waals surface area contributed by atoms with E-state index in [0.717, 1.165) is 11.4 Å². The number of anilines is 2. The van der Waals surface area contributed by atoms with Gasteiger partial charge in [0.05, 0.1) is 11.6 Å². The van der Waals surface area contributed by atoms with Crippen molar-refractivity contribution in [2.24, 2.45) is 0 Å².